The molecule has 0 N–H and O–H groups in total. The third-order valence-corrected chi connectivity index (χ3v) is 4.30. The summed E-state index contributed by atoms with van der Waals surface area (Å²) in [4.78, 5) is 11.5. The predicted octanol–water partition coefficient (Wildman–Crippen LogP) is 4.76. The van der Waals surface area contributed by atoms with Crippen molar-refractivity contribution in [2.45, 2.75) is 18.8 Å². The first-order chi connectivity index (χ1) is 9.78. The van der Waals surface area contributed by atoms with Gasteiger partial charge in [-0.3, -0.25) is 0 Å². The second-order valence-electron chi connectivity index (χ2n) is 5.09. The fourth-order valence-electron chi connectivity index (χ4n) is 2.83. The van der Waals surface area contributed by atoms with Gasteiger partial charge in [-0.05, 0) is 41.7 Å². The maximum absolute atomic E-state index is 11.5. The van der Waals surface area contributed by atoms with Crippen LogP contribution in [0, 0.1) is 0 Å². The first kappa shape index (κ1) is 13.3. The van der Waals surface area contributed by atoms with E-state index in [-0.39, 0.29) is 5.92 Å². The Kier molecular flexibility index (Phi) is 3.83. The molecule has 0 aliphatic heterocycles. The summed E-state index contributed by atoms with van der Waals surface area (Å²) in [5, 5.41) is 0. The van der Waals surface area contributed by atoms with Crippen LogP contribution in [0.2, 0.25) is 0 Å². The molecular formula is C18H15BrO. The zero-order chi connectivity index (χ0) is 13.9. The molecule has 3 rings (SSSR count). The molecule has 1 nitrogen and oxygen atoms in total. The van der Waals surface area contributed by atoms with E-state index in [1.165, 1.54) is 11.1 Å². The lowest BCUT2D eigenvalue weighted by molar-refractivity contribution is -0.108. The summed E-state index contributed by atoms with van der Waals surface area (Å²) in [5.41, 5.74) is 4.81. The predicted molar refractivity (Wildman–Crippen MR) is 85.7 cm³/mol. The van der Waals surface area contributed by atoms with Gasteiger partial charge in [0, 0.05) is 4.47 Å². The minimum atomic E-state index is -0.0982. The molecule has 1 aliphatic rings. The van der Waals surface area contributed by atoms with Crippen LogP contribution in [0.25, 0.3) is 6.08 Å². The molecule has 0 aromatic heterocycles. The van der Waals surface area contributed by atoms with E-state index in [4.69, 9.17) is 0 Å². The SMILES string of the molecule is O=CC1C(=Cc2cccc(Br)c2)CCc2ccccc21. The number of fused-ring (bicyclic) bond motifs is 1. The maximum Gasteiger partial charge on any atom is 0.131 e. The lowest BCUT2D eigenvalue weighted by Crippen LogP contribution is -2.13. The highest BCUT2D eigenvalue weighted by molar-refractivity contribution is 9.10. The Morgan fingerprint density at radius 1 is 1.05 bits per heavy atom. The van der Waals surface area contributed by atoms with E-state index < -0.39 is 0 Å². The van der Waals surface area contributed by atoms with Gasteiger partial charge in [-0.1, -0.05) is 64.0 Å². The number of hydrogen-bond acceptors (Lipinski definition) is 1. The highest BCUT2D eigenvalue weighted by Gasteiger charge is 2.23. The van der Waals surface area contributed by atoms with Crippen LogP contribution in [0.15, 0.2) is 58.6 Å². The number of aldehydes is 1. The van der Waals surface area contributed by atoms with E-state index in [0.29, 0.717) is 0 Å². The number of benzene rings is 2. The third-order valence-electron chi connectivity index (χ3n) is 3.81. The van der Waals surface area contributed by atoms with Crippen LogP contribution in [-0.4, -0.2) is 6.29 Å². The molecule has 20 heavy (non-hydrogen) atoms. The molecule has 100 valence electrons. The van der Waals surface area contributed by atoms with Crippen LogP contribution in [0.1, 0.15) is 29.0 Å². The van der Waals surface area contributed by atoms with Crippen LogP contribution in [0.4, 0.5) is 0 Å². The van der Waals surface area contributed by atoms with Crippen molar-refractivity contribution in [1.29, 1.82) is 0 Å². The minimum absolute atomic E-state index is 0.0982. The fourth-order valence-corrected chi connectivity index (χ4v) is 3.25. The lowest BCUT2D eigenvalue weighted by Gasteiger charge is -2.24. The van der Waals surface area contributed by atoms with Crippen LogP contribution < -0.4 is 0 Å². The van der Waals surface area contributed by atoms with Crippen molar-refractivity contribution >= 4 is 28.3 Å². The van der Waals surface area contributed by atoms with Crippen molar-refractivity contribution in [3.05, 3.63) is 75.3 Å². The Labute approximate surface area is 127 Å². The Morgan fingerprint density at radius 3 is 2.70 bits per heavy atom. The van der Waals surface area contributed by atoms with E-state index in [1.807, 2.05) is 24.3 Å². The quantitative estimate of drug-likeness (QED) is 0.727. The van der Waals surface area contributed by atoms with Gasteiger partial charge in [0.1, 0.15) is 6.29 Å². The van der Waals surface area contributed by atoms with Crippen LogP contribution in [-0.2, 0) is 11.2 Å². The standard InChI is InChI=1S/C18H15BrO/c19-16-6-3-4-13(11-16)10-15-9-8-14-5-1-2-7-17(14)18(15)12-20/h1-7,10-12,18H,8-9H2. The largest absolute Gasteiger partial charge is 0.302 e. The van der Waals surface area contributed by atoms with Crippen LogP contribution in [0.3, 0.4) is 0 Å². The van der Waals surface area contributed by atoms with E-state index >= 15 is 0 Å². The third kappa shape index (κ3) is 2.61. The summed E-state index contributed by atoms with van der Waals surface area (Å²) in [6.45, 7) is 0. The number of halogens is 1. The summed E-state index contributed by atoms with van der Waals surface area (Å²) in [6, 6.07) is 16.4. The monoisotopic (exact) mass is 326 g/mol. The Balaban J connectivity index is 2.01. The van der Waals surface area contributed by atoms with E-state index in [9.17, 15) is 4.79 Å². The zero-order valence-corrected chi connectivity index (χ0v) is 12.6. The van der Waals surface area contributed by atoms with Crippen LogP contribution in [0.5, 0.6) is 0 Å². The van der Waals surface area contributed by atoms with Crippen molar-refractivity contribution in [3.8, 4) is 0 Å². The maximum atomic E-state index is 11.5. The molecule has 0 bridgehead atoms. The summed E-state index contributed by atoms with van der Waals surface area (Å²) >= 11 is 3.49. The first-order valence-corrected chi connectivity index (χ1v) is 7.56. The van der Waals surface area contributed by atoms with Gasteiger partial charge >= 0.3 is 0 Å². The molecule has 0 saturated carbocycles. The van der Waals surface area contributed by atoms with Gasteiger partial charge in [0.15, 0.2) is 0 Å². The molecule has 2 aromatic carbocycles. The molecular weight excluding hydrogens is 312 g/mol. The summed E-state index contributed by atoms with van der Waals surface area (Å²) in [5.74, 6) is -0.0982. The second kappa shape index (κ2) is 5.76. The van der Waals surface area contributed by atoms with Crippen molar-refractivity contribution in [2.24, 2.45) is 0 Å². The van der Waals surface area contributed by atoms with Crippen molar-refractivity contribution < 1.29 is 4.79 Å². The Hall–Kier alpha value is -1.67. The number of aryl methyl sites for hydroxylation is 1. The normalized spacial score (nSPS) is 19.6. The summed E-state index contributed by atoms with van der Waals surface area (Å²) in [6.07, 6.45) is 5.19. The number of carbonyl (C=O) groups is 1. The Bertz CT molecular complexity index is 673. The molecule has 0 spiro atoms. The average Bonchev–Trinajstić information content (AvgIpc) is 2.47. The molecule has 1 aliphatic carbocycles. The van der Waals surface area contributed by atoms with Crippen molar-refractivity contribution in [2.75, 3.05) is 0 Å². The highest BCUT2D eigenvalue weighted by Crippen LogP contribution is 2.35. The second-order valence-corrected chi connectivity index (χ2v) is 6.00. The van der Waals surface area contributed by atoms with E-state index in [2.05, 4.69) is 46.3 Å². The van der Waals surface area contributed by atoms with Gasteiger partial charge in [-0.25, -0.2) is 0 Å². The van der Waals surface area contributed by atoms with Gasteiger partial charge in [0.25, 0.3) is 0 Å². The summed E-state index contributed by atoms with van der Waals surface area (Å²) < 4.78 is 1.06. The fraction of sp³-hybridized carbons (Fsp3) is 0.167. The topological polar surface area (TPSA) is 17.1 Å². The molecule has 0 radical (unpaired) electrons. The van der Waals surface area contributed by atoms with Gasteiger partial charge in [-0.15, -0.1) is 0 Å². The van der Waals surface area contributed by atoms with Gasteiger partial charge in [-0.2, -0.15) is 0 Å². The minimum Gasteiger partial charge on any atom is -0.302 e. The highest BCUT2D eigenvalue weighted by atomic mass is 79.9. The van der Waals surface area contributed by atoms with Crippen molar-refractivity contribution in [1.82, 2.24) is 0 Å². The molecule has 1 atom stereocenters. The van der Waals surface area contributed by atoms with Crippen LogP contribution >= 0.6 is 15.9 Å². The summed E-state index contributed by atoms with van der Waals surface area (Å²) in [7, 11) is 0. The van der Waals surface area contributed by atoms with E-state index in [1.54, 1.807) is 0 Å². The molecule has 0 heterocycles. The number of allylic oxidation sites excluding steroid dienone is 1. The van der Waals surface area contributed by atoms with Crippen molar-refractivity contribution in [3.63, 3.8) is 0 Å². The molecule has 1 unspecified atom stereocenters. The molecule has 2 heteroatoms. The van der Waals surface area contributed by atoms with Gasteiger partial charge in [0.05, 0.1) is 5.92 Å². The van der Waals surface area contributed by atoms with Gasteiger partial charge < -0.3 is 4.79 Å². The Morgan fingerprint density at radius 2 is 1.90 bits per heavy atom. The number of rotatable bonds is 2. The lowest BCUT2D eigenvalue weighted by atomic mass is 9.79. The number of carbonyl (C=O) groups excluding carboxylic acids is 1. The molecule has 0 fully saturated rings. The first-order valence-electron chi connectivity index (χ1n) is 6.77. The molecule has 2 aromatic rings. The molecule has 0 amide bonds. The smallest absolute Gasteiger partial charge is 0.131 e. The molecule has 0 saturated heterocycles. The average molecular weight is 327 g/mol. The van der Waals surface area contributed by atoms with Gasteiger partial charge in [0.2, 0.25) is 0 Å². The number of hydrogen-bond donors (Lipinski definition) is 0. The zero-order valence-electron chi connectivity index (χ0n) is 11.1. The van der Waals surface area contributed by atoms with E-state index in [0.717, 1.165) is 34.7 Å².